The van der Waals surface area contributed by atoms with E-state index in [9.17, 15) is 10.1 Å². The first-order valence-corrected chi connectivity index (χ1v) is 9.55. The van der Waals surface area contributed by atoms with E-state index in [0.717, 1.165) is 25.5 Å². The largest absolute Gasteiger partial charge is 0.377 e. The van der Waals surface area contributed by atoms with Gasteiger partial charge in [-0.1, -0.05) is 11.6 Å². The van der Waals surface area contributed by atoms with Gasteiger partial charge in [-0.3, -0.25) is 21.0 Å². The van der Waals surface area contributed by atoms with Crippen LogP contribution in [0.1, 0.15) is 19.3 Å². The Morgan fingerprint density at radius 2 is 2.21 bits per heavy atom. The zero-order chi connectivity index (χ0) is 20.9. The zero-order valence-corrected chi connectivity index (χ0v) is 16.9. The second-order valence-corrected chi connectivity index (χ2v) is 6.45. The summed E-state index contributed by atoms with van der Waals surface area (Å²) in [4.78, 5) is 14.2. The summed E-state index contributed by atoms with van der Waals surface area (Å²) in [7, 11) is 1.61. The predicted molar refractivity (Wildman–Crippen MR) is 105 cm³/mol. The van der Waals surface area contributed by atoms with E-state index in [2.05, 4.69) is 21.2 Å². The van der Waals surface area contributed by atoms with Crippen LogP contribution < -0.4 is 16.2 Å². The van der Waals surface area contributed by atoms with Gasteiger partial charge in [-0.05, 0) is 31.4 Å². The van der Waals surface area contributed by atoms with Gasteiger partial charge in [-0.25, -0.2) is 4.98 Å². The van der Waals surface area contributed by atoms with E-state index >= 15 is 0 Å². The Hall–Kier alpha value is -2.18. The molecule has 0 bridgehead atoms. The van der Waals surface area contributed by atoms with Crippen molar-refractivity contribution in [3.05, 3.63) is 45.5 Å². The van der Waals surface area contributed by atoms with Gasteiger partial charge in [0.1, 0.15) is 5.82 Å². The Morgan fingerprint density at radius 1 is 1.38 bits per heavy atom. The highest BCUT2D eigenvalue weighted by molar-refractivity contribution is 6.30. The molecule has 0 aromatic carbocycles. The number of hydrazine groups is 1. The molecule has 1 saturated heterocycles. The number of nitro groups is 1. The lowest BCUT2D eigenvalue weighted by Crippen LogP contribution is -2.34. The summed E-state index contributed by atoms with van der Waals surface area (Å²) in [5.41, 5.74) is 5.43. The highest BCUT2D eigenvalue weighted by atomic mass is 35.5. The van der Waals surface area contributed by atoms with Gasteiger partial charge >= 0.3 is 0 Å². The number of hydrogen-bond acceptors (Lipinski definition) is 10. The molecule has 0 spiro atoms. The maximum absolute atomic E-state index is 10.8. The van der Waals surface area contributed by atoms with Gasteiger partial charge in [-0.15, -0.1) is 0 Å². The number of ether oxygens (including phenoxy) is 4. The fourth-order valence-corrected chi connectivity index (χ4v) is 2.57. The van der Waals surface area contributed by atoms with Crippen LogP contribution in [0.5, 0.6) is 0 Å². The van der Waals surface area contributed by atoms with Gasteiger partial charge in [0.2, 0.25) is 0 Å². The molecule has 1 aromatic heterocycles. The fraction of sp³-hybridized carbons (Fsp3) is 0.588. The summed E-state index contributed by atoms with van der Waals surface area (Å²) in [5.74, 6) is 0.618. The lowest BCUT2D eigenvalue weighted by molar-refractivity contribution is -0.404. The van der Waals surface area contributed by atoms with E-state index < -0.39 is 4.92 Å². The van der Waals surface area contributed by atoms with Crippen molar-refractivity contribution in [1.82, 2.24) is 15.7 Å². The SMILES string of the molecule is COC1CCCC(OCCOCCN/C(=C/[N+](=O)[O-])NNc2ccc(Cl)cn2)O1. The molecule has 12 heteroatoms. The molecule has 1 fully saturated rings. The molecule has 2 atom stereocenters. The maximum Gasteiger partial charge on any atom is 0.275 e. The Labute approximate surface area is 173 Å². The summed E-state index contributed by atoms with van der Waals surface area (Å²) < 4.78 is 21.8. The van der Waals surface area contributed by atoms with Crippen LogP contribution in [-0.2, 0) is 18.9 Å². The molecule has 0 amide bonds. The number of pyridine rings is 1. The van der Waals surface area contributed by atoms with Crippen LogP contribution in [0.25, 0.3) is 0 Å². The smallest absolute Gasteiger partial charge is 0.275 e. The van der Waals surface area contributed by atoms with Gasteiger partial charge in [0.15, 0.2) is 18.4 Å². The summed E-state index contributed by atoms with van der Waals surface area (Å²) in [6, 6.07) is 3.28. The van der Waals surface area contributed by atoms with Gasteiger partial charge in [0.05, 0.1) is 29.8 Å². The van der Waals surface area contributed by atoms with Crippen molar-refractivity contribution in [3.63, 3.8) is 0 Å². The van der Waals surface area contributed by atoms with Crippen molar-refractivity contribution < 1.29 is 23.9 Å². The lowest BCUT2D eigenvalue weighted by atomic mass is 10.2. The number of anilines is 1. The molecule has 0 radical (unpaired) electrons. The minimum atomic E-state index is -0.571. The molecule has 11 nitrogen and oxygen atoms in total. The van der Waals surface area contributed by atoms with Crippen molar-refractivity contribution in [2.45, 2.75) is 31.8 Å². The van der Waals surface area contributed by atoms with Crippen LogP contribution in [0.15, 0.2) is 30.4 Å². The fourth-order valence-electron chi connectivity index (χ4n) is 2.46. The number of nitrogens with zero attached hydrogens (tertiary/aromatic N) is 2. The molecule has 0 saturated carbocycles. The molecular weight excluding hydrogens is 406 g/mol. The van der Waals surface area contributed by atoms with Gasteiger partial charge in [-0.2, -0.15) is 0 Å². The average molecular weight is 432 g/mol. The van der Waals surface area contributed by atoms with Crippen molar-refractivity contribution in [1.29, 1.82) is 0 Å². The Bertz CT molecular complexity index is 648. The van der Waals surface area contributed by atoms with Crippen LogP contribution in [0.4, 0.5) is 5.82 Å². The normalized spacial score (nSPS) is 19.6. The van der Waals surface area contributed by atoms with E-state index in [1.807, 2.05) is 0 Å². The molecular formula is C17H26ClN5O6. The first-order chi connectivity index (χ1) is 14.1. The van der Waals surface area contributed by atoms with E-state index in [1.165, 1.54) is 6.20 Å². The van der Waals surface area contributed by atoms with Crippen LogP contribution in [0, 0.1) is 10.1 Å². The molecule has 3 N–H and O–H groups in total. The maximum atomic E-state index is 10.8. The van der Waals surface area contributed by atoms with E-state index in [4.69, 9.17) is 30.5 Å². The summed E-state index contributed by atoms with van der Waals surface area (Å²) in [6.07, 6.45) is 4.47. The van der Waals surface area contributed by atoms with Gasteiger partial charge in [0, 0.05) is 19.9 Å². The highest BCUT2D eigenvalue weighted by Crippen LogP contribution is 2.19. The summed E-state index contributed by atoms with van der Waals surface area (Å²) in [6.45, 7) is 1.47. The van der Waals surface area contributed by atoms with Crippen molar-refractivity contribution in [2.24, 2.45) is 0 Å². The number of rotatable bonds is 13. The molecule has 1 aliphatic heterocycles. The summed E-state index contributed by atoms with van der Waals surface area (Å²) in [5, 5.41) is 14.1. The second-order valence-electron chi connectivity index (χ2n) is 6.01. The minimum absolute atomic E-state index is 0.160. The number of halogens is 1. The zero-order valence-electron chi connectivity index (χ0n) is 16.1. The third-order valence-corrected chi connectivity index (χ3v) is 4.05. The molecule has 2 unspecified atom stereocenters. The quantitative estimate of drug-likeness (QED) is 0.241. The van der Waals surface area contributed by atoms with Crippen LogP contribution in [-0.4, -0.2) is 56.0 Å². The van der Waals surface area contributed by atoms with Crippen molar-refractivity contribution >= 4 is 17.4 Å². The topological polar surface area (TPSA) is 129 Å². The number of methoxy groups -OCH3 is 1. The lowest BCUT2D eigenvalue weighted by Gasteiger charge is -2.28. The number of hydrogen-bond donors (Lipinski definition) is 3. The third-order valence-electron chi connectivity index (χ3n) is 3.83. The first-order valence-electron chi connectivity index (χ1n) is 9.17. The van der Waals surface area contributed by atoms with Crippen LogP contribution >= 0.6 is 11.6 Å². The van der Waals surface area contributed by atoms with Gasteiger partial charge < -0.3 is 24.3 Å². The van der Waals surface area contributed by atoms with Crippen molar-refractivity contribution in [2.75, 3.05) is 38.9 Å². The third kappa shape index (κ3) is 9.72. The molecule has 2 heterocycles. The molecule has 29 heavy (non-hydrogen) atoms. The molecule has 1 aromatic rings. The average Bonchev–Trinajstić information content (AvgIpc) is 2.72. The number of nitrogens with one attached hydrogen (secondary N) is 3. The van der Waals surface area contributed by atoms with Crippen LogP contribution in [0.2, 0.25) is 5.02 Å². The monoisotopic (exact) mass is 431 g/mol. The summed E-state index contributed by atoms with van der Waals surface area (Å²) >= 11 is 5.76. The van der Waals surface area contributed by atoms with Crippen molar-refractivity contribution in [3.8, 4) is 0 Å². The van der Waals surface area contributed by atoms with E-state index in [1.54, 1.807) is 19.2 Å². The standard InChI is InChI=1S/C17H26ClN5O6/c1-26-16-3-2-4-17(29-16)28-10-9-27-8-7-19-15(12-23(24)25)22-21-14-6-5-13(18)11-20-14/h5-6,11-12,16-17,19,22H,2-4,7-10H2,1H3,(H,20,21)/b15-12-. The molecule has 1 aliphatic rings. The molecule has 0 aliphatic carbocycles. The second kappa shape index (κ2) is 13.1. The van der Waals surface area contributed by atoms with E-state index in [-0.39, 0.29) is 18.4 Å². The predicted octanol–water partition coefficient (Wildman–Crippen LogP) is 1.85. The molecule has 162 valence electrons. The number of aromatic nitrogens is 1. The van der Waals surface area contributed by atoms with Gasteiger partial charge in [0.25, 0.3) is 6.20 Å². The Balaban J connectivity index is 1.59. The van der Waals surface area contributed by atoms with E-state index in [0.29, 0.717) is 37.2 Å². The Morgan fingerprint density at radius 3 is 2.93 bits per heavy atom. The first kappa shape index (κ1) is 23.1. The Kier molecular flexibility index (Phi) is 10.5. The van der Waals surface area contributed by atoms with Crippen LogP contribution in [0.3, 0.4) is 0 Å². The highest BCUT2D eigenvalue weighted by Gasteiger charge is 2.22. The minimum Gasteiger partial charge on any atom is -0.377 e. The molecule has 2 rings (SSSR count).